The number of ketones is 1. The second kappa shape index (κ2) is 10.9. The number of aromatic nitrogens is 2. The van der Waals surface area contributed by atoms with E-state index in [2.05, 4.69) is 10.4 Å². The number of esters is 1. The van der Waals surface area contributed by atoms with E-state index >= 15 is 0 Å². The van der Waals surface area contributed by atoms with Gasteiger partial charge >= 0.3 is 5.97 Å². The summed E-state index contributed by atoms with van der Waals surface area (Å²) in [6.07, 6.45) is 0.364. The molecule has 0 fully saturated rings. The molecule has 0 spiro atoms. The molecular formula is C25H26ClN3O4. The van der Waals surface area contributed by atoms with Crippen LogP contribution in [0.15, 0.2) is 54.6 Å². The second-order valence-electron chi connectivity index (χ2n) is 7.79. The van der Waals surface area contributed by atoms with Gasteiger partial charge in [-0.25, -0.2) is 4.79 Å². The van der Waals surface area contributed by atoms with E-state index < -0.39 is 24.5 Å². The monoisotopic (exact) mass is 467 g/mol. The van der Waals surface area contributed by atoms with Crippen LogP contribution in [-0.4, -0.2) is 40.1 Å². The summed E-state index contributed by atoms with van der Waals surface area (Å²) in [6, 6.07) is 16.1. The largest absolute Gasteiger partial charge is 0.452 e. The molecule has 33 heavy (non-hydrogen) atoms. The minimum Gasteiger partial charge on any atom is -0.452 e. The number of hydrogen-bond acceptors (Lipinski definition) is 5. The maximum atomic E-state index is 12.7. The van der Waals surface area contributed by atoms with Crippen molar-refractivity contribution in [1.29, 1.82) is 0 Å². The molecule has 0 aliphatic heterocycles. The number of Topliss-reactive ketones (excluding diaryl/α,β-unsaturated/α-hetero) is 1. The molecule has 1 aromatic heterocycles. The highest BCUT2D eigenvalue weighted by Gasteiger charge is 2.23. The smallest absolute Gasteiger partial charge is 0.342 e. The zero-order chi connectivity index (χ0) is 24.0. The molecule has 1 atom stereocenters. The van der Waals surface area contributed by atoms with Crippen molar-refractivity contribution in [2.75, 3.05) is 6.61 Å². The molecule has 8 heteroatoms. The summed E-state index contributed by atoms with van der Waals surface area (Å²) in [4.78, 5) is 37.0. The van der Waals surface area contributed by atoms with Gasteiger partial charge in [-0.2, -0.15) is 5.10 Å². The third kappa shape index (κ3) is 6.29. The van der Waals surface area contributed by atoms with Crippen LogP contribution >= 0.6 is 11.6 Å². The molecule has 0 saturated carbocycles. The Morgan fingerprint density at radius 1 is 1.06 bits per heavy atom. The van der Waals surface area contributed by atoms with E-state index in [0.29, 0.717) is 34.9 Å². The number of carbonyl (C=O) groups is 3. The van der Waals surface area contributed by atoms with Crippen LogP contribution < -0.4 is 5.32 Å². The maximum absolute atomic E-state index is 12.7. The number of hydrogen-bond donors (Lipinski definition) is 1. The van der Waals surface area contributed by atoms with E-state index in [-0.39, 0.29) is 5.78 Å². The van der Waals surface area contributed by atoms with Crippen molar-refractivity contribution in [2.45, 2.75) is 39.8 Å². The van der Waals surface area contributed by atoms with Gasteiger partial charge in [-0.05, 0) is 44.4 Å². The zero-order valence-electron chi connectivity index (χ0n) is 18.8. The first-order chi connectivity index (χ1) is 15.8. The summed E-state index contributed by atoms with van der Waals surface area (Å²) in [5.74, 6) is -1.36. The number of benzene rings is 2. The number of aryl methyl sites for hydroxylation is 1. The van der Waals surface area contributed by atoms with E-state index in [9.17, 15) is 14.4 Å². The number of nitrogens with one attached hydrogen (secondary N) is 1. The van der Waals surface area contributed by atoms with Crippen molar-refractivity contribution in [1.82, 2.24) is 15.1 Å². The van der Waals surface area contributed by atoms with Crippen LogP contribution in [0.5, 0.6) is 0 Å². The summed E-state index contributed by atoms with van der Waals surface area (Å²) in [5.41, 5.74) is 3.21. The van der Waals surface area contributed by atoms with Gasteiger partial charge in [0, 0.05) is 5.02 Å². The van der Waals surface area contributed by atoms with Gasteiger partial charge in [-0.15, -0.1) is 0 Å². The Morgan fingerprint density at radius 3 is 2.39 bits per heavy atom. The lowest BCUT2D eigenvalue weighted by Crippen LogP contribution is -2.43. The minimum absolute atomic E-state index is 0.175. The van der Waals surface area contributed by atoms with Crippen molar-refractivity contribution in [2.24, 2.45) is 0 Å². The fraction of sp³-hybridized carbons (Fsp3) is 0.280. The Morgan fingerprint density at radius 2 is 1.73 bits per heavy atom. The molecule has 0 aliphatic carbocycles. The Balaban J connectivity index is 1.62. The molecule has 3 rings (SSSR count). The predicted octanol–water partition coefficient (Wildman–Crippen LogP) is 3.67. The number of halogens is 1. The van der Waals surface area contributed by atoms with Gasteiger partial charge in [0.15, 0.2) is 12.4 Å². The first kappa shape index (κ1) is 24.2. The summed E-state index contributed by atoms with van der Waals surface area (Å²) in [5, 5.41) is 7.68. The zero-order valence-corrected chi connectivity index (χ0v) is 19.6. The average Bonchev–Trinajstić information content (AvgIpc) is 3.06. The first-order valence-corrected chi connectivity index (χ1v) is 10.9. The van der Waals surface area contributed by atoms with Crippen LogP contribution in [0.2, 0.25) is 5.02 Å². The molecule has 0 aliphatic rings. The van der Waals surface area contributed by atoms with E-state index in [1.807, 2.05) is 48.5 Å². The standard InChI is InChI=1S/C25H26ClN3O4/c1-16-24(17(2)29(28-16)14-20-11-7-8-12-21(20)26)25(32)33-15-23(31)27-22(18(3)30)13-19-9-5-4-6-10-19/h4-12,22H,13-15H2,1-3H3,(H,27,31)/t22-/m1/s1. The van der Waals surface area contributed by atoms with Crippen molar-refractivity contribution in [3.63, 3.8) is 0 Å². The van der Waals surface area contributed by atoms with E-state index in [4.69, 9.17) is 16.3 Å². The molecule has 1 N–H and O–H groups in total. The molecular weight excluding hydrogens is 442 g/mol. The minimum atomic E-state index is -0.694. The molecule has 7 nitrogen and oxygen atoms in total. The fourth-order valence-electron chi connectivity index (χ4n) is 3.52. The van der Waals surface area contributed by atoms with Crippen molar-refractivity contribution >= 4 is 29.3 Å². The third-order valence-electron chi connectivity index (χ3n) is 5.31. The molecule has 2 aromatic carbocycles. The van der Waals surface area contributed by atoms with Crippen molar-refractivity contribution in [3.05, 3.63) is 87.7 Å². The molecule has 172 valence electrons. The first-order valence-electron chi connectivity index (χ1n) is 10.5. The third-order valence-corrected chi connectivity index (χ3v) is 5.68. The van der Waals surface area contributed by atoms with E-state index in [0.717, 1.165) is 11.1 Å². The molecule has 3 aromatic rings. The molecule has 0 unspecified atom stereocenters. The molecule has 0 radical (unpaired) electrons. The van der Waals surface area contributed by atoms with E-state index in [1.54, 1.807) is 24.6 Å². The second-order valence-corrected chi connectivity index (χ2v) is 8.20. The summed E-state index contributed by atoms with van der Waals surface area (Å²) in [7, 11) is 0. The highest BCUT2D eigenvalue weighted by molar-refractivity contribution is 6.31. The molecule has 0 saturated heterocycles. The number of nitrogens with zero attached hydrogens (tertiary/aromatic N) is 2. The predicted molar refractivity (Wildman–Crippen MR) is 125 cm³/mol. The van der Waals surface area contributed by atoms with Crippen molar-refractivity contribution < 1.29 is 19.1 Å². The Kier molecular flexibility index (Phi) is 8.01. The van der Waals surface area contributed by atoms with Crippen molar-refractivity contribution in [3.8, 4) is 0 Å². The van der Waals surface area contributed by atoms with Gasteiger partial charge < -0.3 is 10.1 Å². The highest BCUT2D eigenvalue weighted by Crippen LogP contribution is 2.20. The molecule has 1 heterocycles. The highest BCUT2D eigenvalue weighted by atomic mass is 35.5. The normalized spacial score (nSPS) is 11.6. The van der Waals surface area contributed by atoms with Gasteiger partial charge in [-0.1, -0.05) is 60.1 Å². The summed E-state index contributed by atoms with van der Waals surface area (Å²) < 4.78 is 6.91. The van der Waals surface area contributed by atoms with Gasteiger partial charge in [-0.3, -0.25) is 14.3 Å². The summed E-state index contributed by atoms with van der Waals surface area (Å²) in [6.45, 7) is 4.80. The van der Waals surface area contributed by atoms with Crippen LogP contribution in [0, 0.1) is 13.8 Å². The van der Waals surface area contributed by atoms with Crippen LogP contribution in [0.4, 0.5) is 0 Å². The number of carbonyl (C=O) groups excluding carboxylic acids is 3. The van der Waals surface area contributed by atoms with Gasteiger partial charge in [0.05, 0.1) is 24.0 Å². The van der Waals surface area contributed by atoms with Crippen LogP contribution in [0.25, 0.3) is 0 Å². The quantitative estimate of drug-likeness (QED) is 0.485. The van der Waals surface area contributed by atoms with Crippen LogP contribution in [-0.2, 0) is 27.3 Å². The lowest BCUT2D eigenvalue weighted by Gasteiger charge is -2.16. The van der Waals surface area contributed by atoms with Gasteiger partial charge in [0.1, 0.15) is 5.56 Å². The Bertz CT molecular complexity index is 1160. The average molecular weight is 468 g/mol. The SMILES string of the molecule is CC(=O)[C@@H](Cc1ccccc1)NC(=O)COC(=O)c1c(C)nn(Cc2ccccc2Cl)c1C. The fourth-order valence-corrected chi connectivity index (χ4v) is 3.72. The maximum Gasteiger partial charge on any atom is 0.342 e. The lowest BCUT2D eigenvalue weighted by atomic mass is 10.0. The Labute approximate surface area is 197 Å². The Hall–Kier alpha value is -3.45. The number of rotatable bonds is 9. The number of amides is 1. The topological polar surface area (TPSA) is 90.3 Å². The van der Waals surface area contributed by atoms with Crippen LogP contribution in [0.3, 0.4) is 0 Å². The van der Waals surface area contributed by atoms with Gasteiger partial charge in [0.2, 0.25) is 0 Å². The van der Waals surface area contributed by atoms with Gasteiger partial charge in [0.25, 0.3) is 5.91 Å². The summed E-state index contributed by atoms with van der Waals surface area (Å²) >= 11 is 6.23. The number of ether oxygens (including phenoxy) is 1. The molecule has 1 amide bonds. The van der Waals surface area contributed by atoms with E-state index in [1.165, 1.54) is 6.92 Å². The van der Waals surface area contributed by atoms with Crippen LogP contribution in [0.1, 0.15) is 39.8 Å². The molecule has 0 bridgehead atoms. The lowest BCUT2D eigenvalue weighted by molar-refractivity contribution is -0.128.